The van der Waals surface area contributed by atoms with E-state index in [0.29, 0.717) is 11.5 Å². The Morgan fingerprint density at radius 3 is 2.15 bits per heavy atom. The maximum absolute atomic E-state index is 12.7. The van der Waals surface area contributed by atoms with E-state index in [-0.39, 0.29) is 40.2 Å². The van der Waals surface area contributed by atoms with E-state index in [1.54, 1.807) is 30.6 Å². The van der Waals surface area contributed by atoms with Crippen LogP contribution in [0.2, 0.25) is 0 Å². The molecule has 26 heavy (non-hydrogen) atoms. The van der Waals surface area contributed by atoms with Crippen LogP contribution >= 0.6 is 0 Å². The molecule has 1 aromatic carbocycles. The van der Waals surface area contributed by atoms with Crippen molar-refractivity contribution in [2.45, 2.75) is 13.5 Å². The van der Waals surface area contributed by atoms with Gasteiger partial charge < -0.3 is 14.9 Å². The zero-order valence-corrected chi connectivity index (χ0v) is 16.4. The van der Waals surface area contributed by atoms with Crippen LogP contribution in [0.1, 0.15) is 12.5 Å². The van der Waals surface area contributed by atoms with Gasteiger partial charge in [-0.1, -0.05) is 30.3 Å². The van der Waals surface area contributed by atoms with Crippen molar-refractivity contribution in [1.82, 2.24) is 9.13 Å². The minimum Gasteiger partial charge on any atom is -0.498 e. The van der Waals surface area contributed by atoms with Gasteiger partial charge in [-0.05, 0) is 19.7 Å². The Balaban J connectivity index is 0.000000616. The second-order valence-electron chi connectivity index (χ2n) is 5.75. The molecule has 1 aliphatic rings. The molecule has 0 saturated heterocycles. The maximum atomic E-state index is 12.7. The Morgan fingerprint density at radius 1 is 1.08 bits per heavy atom. The van der Waals surface area contributed by atoms with Crippen molar-refractivity contribution in [3.8, 4) is 0 Å². The molecule has 1 aliphatic heterocycles. The van der Waals surface area contributed by atoms with E-state index in [0.717, 1.165) is 12.5 Å². The zero-order chi connectivity index (χ0) is 18.7. The number of rotatable bonds is 2. The maximum Gasteiger partial charge on any atom is 1.00 e. The summed E-state index contributed by atoms with van der Waals surface area (Å²) in [5.41, 5.74) is 0.878. The Morgan fingerprint density at radius 2 is 1.62 bits per heavy atom. The molecule has 0 radical (unpaired) electrons. The monoisotopic (exact) mass is 452 g/mol. The number of fused-ring (bicyclic) bond motifs is 1. The van der Waals surface area contributed by atoms with E-state index < -0.39 is 5.97 Å². The van der Waals surface area contributed by atoms with Gasteiger partial charge in [-0.25, -0.2) is 4.79 Å². The van der Waals surface area contributed by atoms with E-state index in [2.05, 4.69) is 0 Å². The first-order chi connectivity index (χ1) is 11.7. The van der Waals surface area contributed by atoms with Crippen LogP contribution in [0.4, 0.5) is 11.5 Å². The van der Waals surface area contributed by atoms with Crippen molar-refractivity contribution in [2.75, 3.05) is 23.9 Å². The molecule has 0 saturated carbocycles. The third-order valence-corrected chi connectivity index (χ3v) is 3.71. The number of hydrogen-bond acceptors (Lipinski definition) is 5. The average molecular weight is 453 g/mol. The molecule has 1 N–H and O–H groups in total. The molecule has 144 valence electrons. The summed E-state index contributed by atoms with van der Waals surface area (Å²) in [5, 5.41) is 7.42. The van der Waals surface area contributed by atoms with E-state index in [1.807, 2.05) is 37.4 Å². The molecule has 0 atom stereocenters. The smallest absolute Gasteiger partial charge is 0.498 e. The topological polar surface area (TPSA) is 87.8 Å². The van der Waals surface area contributed by atoms with E-state index in [1.165, 1.54) is 9.13 Å². The molecular weight excluding hydrogens is 432 g/mol. The van der Waals surface area contributed by atoms with Gasteiger partial charge >= 0.3 is 28.1 Å². The van der Waals surface area contributed by atoms with E-state index in [9.17, 15) is 9.59 Å². The molecule has 8 nitrogen and oxygen atoms in total. The van der Waals surface area contributed by atoms with Crippen LogP contribution in [0.15, 0.2) is 39.9 Å². The summed E-state index contributed by atoms with van der Waals surface area (Å²) in [7, 11) is 5.31. The summed E-state index contributed by atoms with van der Waals surface area (Å²) in [5.74, 6) is -0.211. The van der Waals surface area contributed by atoms with Crippen molar-refractivity contribution in [3.05, 3.63) is 63.4 Å². The van der Waals surface area contributed by atoms with Crippen LogP contribution in [0.5, 0.6) is 0 Å². The number of carbonyl (C=O) groups is 1. The molecule has 3 rings (SSSR count). The number of carboxylic acid groups (broad SMARTS) is 1. The first kappa shape index (κ1) is 21.8. The predicted molar refractivity (Wildman–Crippen MR) is 95.9 cm³/mol. The standard InChI is InChI=1S/C15H17N4O2.C2H4O2.Ag/c1-16-10-17(2)13-12(16)14(20)19(15(21)18(13)3)9-11-7-5-4-6-8-11;1-2(3)4;/h4-8,10H,9H2,1-3H3;1H3,(H,3,4);/q-1;;+1. The second kappa shape index (κ2) is 8.88. The Kier molecular flexibility index (Phi) is 7.43. The van der Waals surface area contributed by atoms with Crippen molar-refractivity contribution in [2.24, 2.45) is 7.05 Å². The Bertz CT molecular complexity index is 888. The number of aliphatic carboxylic acids is 1. The van der Waals surface area contributed by atoms with Crippen LogP contribution in [0.3, 0.4) is 0 Å². The third kappa shape index (κ3) is 4.46. The van der Waals surface area contributed by atoms with Gasteiger partial charge in [0.15, 0.2) is 0 Å². The fourth-order valence-electron chi connectivity index (χ4n) is 2.73. The number of hydrogen-bond donors (Lipinski definition) is 1. The summed E-state index contributed by atoms with van der Waals surface area (Å²) < 4.78 is 2.79. The molecule has 2 heterocycles. The minimum atomic E-state index is -0.833. The molecule has 0 bridgehead atoms. The zero-order valence-electron chi connectivity index (χ0n) is 14.9. The normalized spacial score (nSPS) is 12.0. The Hall–Kier alpha value is -2.29. The quantitative estimate of drug-likeness (QED) is 0.532. The number of benzene rings is 1. The summed E-state index contributed by atoms with van der Waals surface area (Å²) in [6.07, 6.45) is 0. The van der Waals surface area contributed by atoms with Crippen molar-refractivity contribution >= 4 is 17.5 Å². The number of aromatic nitrogens is 2. The van der Waals surface area contributed by atoms with Crippen LogP contribution in [-0.2, 0) is 40.8 Å². The fraction of sp³-hybridized carbons (Fsp3) is 0.294. The van der Waals surface area contributed by atoms with Gasteiger partial charge in [0.2, 0.25) is 0 Å². The van der Waals surface area contributed by atoms with Crippen LogP contribution in [0.25, 0.3) is 0 Å². The Labute approximate surface area is 166 Å². The summed E-state index contributed by atoms with van der Waals surface area (Å²) in [6, 6.07) is 9.50. The molecule has 0 aliphatic carbocycles. The van der Waals surface area contributed by atoms with Gasteiger partial charge in [-0.3, -0.25) is 18.7 Å². The SMILES string of the molecule is CC(=O)O.CN1[CH-]N(C)c2c1c(=O)n(Cc1ccccc1)c(=O)n2C.[Ag+]. The first-order valence-corrected chi connectivity index (χ1v) is 7.62. The molecule has 2 aromatic rings. The van der Waals surface area contributed by atoms with Crippen LogP contribution in [-0.4, -0.2) is 34.3 Å². The van der Waals surface area contributed by atoms with E-state index in [4.69, 9.17) is 9.90 Å². The van der Waals surface area contributed by atoms with Gasteiger partial charge in [0.25, 0.3) is 11.5 Å². The second-order valence-corrected chi connectivity index (χ2v) is 5.75. The molecule has 0 unspecified atom stereocenters. The molecule has 0 amide bonds. The van der Waals surface area contributed by atoms with Crippen molar-refractivity contribution in [3.63, 3.8) is 0 Å². The van der Waals surface area contributed by atoms with Gasteiger partial charge in [-0.15, -0.1) is 0 Å². The first-order valence-electron chi connectivity index (χ1n) is 7.62. The third-order valence-electron chi connectivity index (χ3n) is 3.71. The average Bonchev–Trinajstić information content (AvgIpc) is 2.84. The minimum absolute atomic E-state index is 0. The van der Waals surface area contributed by atoms with Gasteiger partial charge in [0.05, 0.1) is 6.54 Å². The number of carboxylic acids is 1. The van der Waals surface area contributed by atoms with Crippen molar-refractivity contribution < 1.29 is 32.3 Å². The molecule has 1 aromatic heterocycles. The molecule has 0 fully saturated rings. The van der Waals surface area contributed by atoms with E-state index >= 15 is 0 Å². The van der Waals surface area contributed by atoms with Crippen LogP contribution in [0, 0.1) is 6.67 Å². The van der Waals surface area contributed by atoms with Crippen molar-refractivity contribution in [1.29, 1.82) is 0 Å². The van der Waals surface area contributed by atoms with Gasteiger partial charge in [0, 0.05) is 14.0 Å². The summed E-state index contributed by atoms with van der Waals surface area (Å²) in [4.78, 5) is 37.7. The number of nitrogens with zero attached hydrogens (tertiary/aromatic N) is 4. The number of anilines is 2. The van der Waals surface area contributed by atoms with Gasteiger partial charge in [0.1, 0.15) is 11.5 Å². The van der Waals surface area contributed by atoms with Crippen LogP contribution < -0.4 is 21.0 Å². The largest absolute Gasteiger partial charge is 1.00 e. The summed E-state index contributed by atoms with van der Waals surface area (Å²) in [6.45, 7) is 3.15. The molecular formula is C17H21AgN4O4. The molecule has 9 heteroatoms. The fourth-order valence-corrected chi connectivity index (χ4v) is 2.73. The molecule has 0 spiro atoms. The summed E-state index contributed by atoms with van der Waals surface area (Å²) >= 11 is 0. The predicted octanol–water partition coefficient (Wildman–Crippen LogP) is 0.689. The van der Waals surface area contributed by atoms with Gasteiger partial charge in [-0.2, -0.15) is 6.67 Å².